The van der Waals surface area contributed by atoms with Crippen molar-refractivity contribution in [3.05, 3.63) is 61.9 Å². The third-order valence-corrected chi connectivity index (χ3v) is 3.53. The number of carbonyl (C=O) groups is 1. The lowest BCUT2D eigenvalue weighted by Gasteiger charge is -2.26. The number of nitro groups is 2. The minimum absolute atomic E-state index is 0.210. The van der Waals surface area contributed by atoms with E-state index in [1.165, 1.54) is 13.8 Å². The molecule has 2 rings (SSSR count). The average molecular weight is 417 g/mol. The number of esters is 1. The van der Waals surface area contributed by atoms with Gasteiger partial charge in [0.15, 0.2) is 0 Å². The molecule has 0 radical (unpaired) electrons. The van der Waals surface area contributed by atoms with Crippen LogP contribution < -0.4 is 5.32 Å². The summed E-state index contributed by atoms with van der Waals surface area (Å²) in [6.45, 7) is 2.58. The van der Waals surface area contributed by atoms with Crippen molar-refractivity contribution < 1.29 is 37.0 Å². The number of halogens is 3. The van der Waals surface area contributed by atoms with Gasteiger partial charge in [-0.1, -0.05) is 0 Å². The van der Waals surface area contributed by atoms with E-state index in [1.807, 2.05) is 0 Å². The first-order valence-corrected chi connectivity index (χ1v) is 7.85. The van der Waals surface area contributed by atoms with E-state index in [-0.39, 0.29) is 12.3 Å². The fourth-order valence-corrected chi connectivity index (χ4v) is 2.22. The quantitative estimate of drug-likeness (QED) is 0.403. The molecule has 1 aromatic heterocycles. The predicted octanol–water partition coefficient (Wildman–Crippen LogP) is 4.16. The van der Waals surface area contributed by atoms with E-state index in [0.717, 1.165) is 18.2 Å². The van der Waals surface area contributed by atoms with Gasteiger partial charge in [0.1, 0.15) is 17.2 Å². The number of nitro benzene ring substituents is 1. The van der Waals surface area contributed by atoms with E-state index >= 15 is 0 Å². The second-order valence-electron chi connectivity index (χ2n) is 6.47. The van der Waals surface area contributed by atoms with Gasteiger partial charge in [0, 0.05) is 6.07 Å². The Hall–Kier alpha value is -3.64. The molecule has 29 heavy (non-hydrogen) atoms. The number of benzene rings is 1. The standard InChI is InChI=1S/C16H14F3N3O7/c1-15(2,8-28-14(23)12-5-6-13(29-12)22(26)27)20-10-4-3-9(16(17,18)19)7-11(10)21(24)25/h3-7,20H,8H2,1-2H3. The highest BCUT2D eigenvalue weighted by Crippen LogP contribution is 2.36. The lowest BCUT2D eigenvalue weighted by molar-refractivity contribution is -0.402. The molecule has 0 bridgehead atoms. The molecule has 2 aromatic rings. The van der Waals surface area contributed by atoms with Crippen LogP contribution in [0.3, 0.4) is 0 Å². The molecule has 0 aliphatic heterocycles. The molecular weight excluding hydrogens is 403 g/mol. The third kappa shape index (κ3) is 5.43. The highest BCUT2D eigenvalue weighted by atomic mass is 19.4. The minimum atomic E-state index is -4.75. The van der Waals surface area contributed by atoms with E-state index in [9.17, 15) is 38.2 Å². The molecule has 156 valence electrons. The average Bonchev–Trinajstić information content (AvgIpc) is 3.09. The fraction of sp³-hybridized carbons (Fsp3) is 0.312. The van der Waals surface area contributed by atoms with Crippen LogP contribution in [0.4, 0.5) is 30.4 Å². The molecule has 10 nitrogen and oxygen atoms in total. The van der Waals surface area contributed by atoms with Gasteiger partial charge in [0.25, 0.3) is 5.69 Å². The monoisotopic (exact) mass is 417 g/mol. The van der Waals surface area contributed by atoms with E-state index < -0.39 is 50.4 Å². The van der Waals surface area contributed by atoms with Crippen LogP contribution in [0.25, 0.3) is 0 Å². The molecule has 1 aromatic carbocycles. The van der Waals surface area contributed by atoms with E-state index in [4.69, 9.17) is 9.15 Å². The lowest BCUT2D eigenvalue weighted by Crippen LogP contribution is -2.37. The Labute approximate surface area is 160 Å². The number of hydrogen-bond acceptors (Lipinski definition) is 8. The number of anilines is 1. The summed E-state index contributed by atoms with van der Waals surface area (Å²) in [5, 5.41) is 24.3. The molecule has 0 saturated carbocycles. The second kappa shape index (κ2) is 7.77. The summed E-state index contributed by atoms with van der Waals surface area (Å²) in [5.41, 5.74) is -3.34. The SMILES string of the molecule is CC(C)(COC(=O)c1ccc([N+](=O)[O-])o1)Nc1ccc(C(F)(F)F)cc1[N+](=O)[O-]. The van der Waals surface area contributed by atoms with E-state index in [1.54, 1.807) is 0 Å². The van der Waals surface area contributed by atoms with Crippen molar-refractivity contribution in [3.8, 4) is 0 Å². The van der Waals surface area contributed by atoms with Crippen LogP contribution in [0.1, 0.15) is 30.0 Å². The molecular formula is C16H14F3N3O7. The summed E-state index contributed by atoms with van der Waals surface area (Å²) >= 11 is 0. The van der Waals surface area contributed by atoms with E-state index in [2.05, 4.69) is 5.32 Å². The second-order valence-corrected chi connectivity index (χ2v) is 6.47. The first kappa shape index (κ1) is 21.7. The molecule has 0 spiro atoms. The van der Waals surface area contributed by atoms with Gasteiger partial charge in [-0.15, -0.1) is 0 Å². The maximum Gasteiger partial charge on any atom is 0.433 e. The molecule has 0 unspecified atom stereocenters. The number of rotatable bonds is 7. The zero-order valence-electron chi connectivity index (χ0n) is 15.0. The van der Waals surface area contributed by atoms with Crippen molar-refractivity contribution in [2.45, 2.75) is 25.6 Å². The number of carbonyl (C=O) groups excluding carboxylic acids is 1. The number of alkyl halides is 3. The zero-order valence-corrected chi connectivity index (χ0v) is 15.0. The van der Waals surface area contributed by atoms with Gasteiger partial charge >= 0.3 is 18.0 Å². The number of nitrogens with zero attached hydrogens (tertiary/aromatic N) is 2. The Bertz CT molecular complexity index is 953. The van der Waals surface area contributed by atoms with Crippen LogP contribution >= 0.6 is 0 Å². The first-order valence-electron chi connectivity index (χ1n) is 7.85. The molecule has 1 N–H and O–H groups in total. The minimum Gasteiger partial charge on any atom is -0.457 e. The first-order chi connectivity index (χ1) is 13.3. The van der Waals surface area contributed by atoms with Crippen LogP contribution in [0, 0.1) is 20.2 Å². The smallest absolute Gasteiger partial charge is 0.433 e. The normalized spacial score (nSPS) is 11.8. The largest absolute Gasteiger partial charge is 0.457 e. The van der Waals surface area contributed by atoms with Crippen LogP contribution in [0.15, 0.2) is 34.7 Å². The van der Waals surface area contributed by atoms with Crippen molar-refractivity contribution in [2.24, 2.45) is 0 Å². The molecule has 0 aliphatic rings. The van der Waals surface area contributed by atoms with Gasteiger partial charge in [-0.25, -0.2) is 4.79 Å². The molecule has 0 amide bonds. The van der Waals surface area contributed by atoms with Gasteiger partial charge in [-0.3, -0.25) is 20.2 Å². The molecule has 0 aliphatic carbocycles. The molecule has 0 atom stereocenters. The predicted molar refractivity (Wildman–Crippen MR) is 91.4 cm³/mol. The highest BCUT2D eigenvalue weighted by molar-refractivity contribution is 5.86. The zero-order chi connectivity index (χ0) is 22.0. The molecule has 13 heteroatoms. The highest BCUT2D eigenvalue weighted by Gasteiger charge is 2.34. The summed E-state index contributed by atoms with van der Waals surface area (Å²) < 4.78 is 48.0. The van der Waals surface area contributed by atoms with Gasteiger partial charge in [0.2, 0.25) is 5.76 Å². The van der Waals surface area contributed by atoms with Crippen molar-refractivity contribution >= 4 is 23.2 Å². The van der Waals surface area contributed by atoms with Crippen LogP contribution in [0.2, 0.25) is 0 Å². The summed E-state index contributed by atoms with van der Waals surface area (Å²) in [7, 11) is 0. The van der Waals surface area contributed by atoms with Crippen molar-refractivity contribution in [1.82, 2.24) is 0 Å². The van der Waals surface area contributed by atoms with Crippen molar-refractivity contribution in [3.63, 3.8) is 0 Å². The Morgan fingerprint density at radius 1 is 1.14 bits per heavy atom. The Balaban J connectivity index is 2.12. The third-order valence-electron chi connectivity index (χ3n) is 3.53. The molecule has 0 fully saturated rings. The topological polar surface area (TPSA) is 138 Å². The number of ether oxygens (including phenoxy) is 1. The maximum absolute atomic E-state index is 12.8. The van der Waals surface area contributed by atoms with Crippen LogP contribution in [-0.2, 0) is 10.9 Å². The van der Waals surface area contributed by atoms with Crippen LogP contribution in [-0.4, -0.2) is 28.0 Å². The fourth-order valence-electron chi connectivity index (χ4n) is 2.22. The Kier molecular flexibility index (Phi) is 5.80. The summed E-state index contributed by atoms with van der Waals surface area (Å²) in [6, 6.07) is 3.99. The van der Waals surface area contributed by atoms with Gasteiger partial charge in [-0.2, -0.15) is 13.2 Å². The maximum atomic E-state index is 12.8. The number of furan rings is 1. The number of nitrogens with one attached hydrogen (secondary N) is 1. The van der Waals surface area contributed by atoms with Crippen LogP contribution in [0.5, 0.6) is 0 Å². The summed E-state index contributed by atoms with van der Waals surface area (Å²) in [6.07, 6.45) is -4.75. The summed E-state index contributed by atoms with van der Waals surface area (Å²) in [4.78, 5) is 31.8. The van der Waals surface area contributed by atoms with Gasteiger partial charge in [-0.05, 0) is 32.0 Å². The molecule has 0 saturated heterocycles. The Morgan fingerprint density at radius 3 is 2.31 bits per heavy atom. The van der Waals surface area contributed by atoms with E-state index in [0.29, 0.717) is 12.1 Å². The lowest BCUT2D eigenvalue weighted by atomic mass is 10.1. The summed E-state index contributed by atoms with van der Waals surface area (Å²) in [5.74, 6) is -2.10. The Morgan fingerprint density at radius 2 is 1.79 bits per heavy atom. The van der Waals surface area contributed by atoms with Crippen molar-refractivity contribution in [1.29, 1.82) is 0 Å². The molecule has 1 heterocycles. The van der Waals surface area contributed by atoms with Gasteiger partial charge in [0.05, 0.1) is 22.1 Å². The van der Waals surface area contributed by atoms with Crippen molar-refractivity contribution in [2.75, 3.05) is 11.9 Å². The van der Waals surface area contributed by atoms with Gasteiger partial charge < -0.3 is 14.5 Å². The number of hydrogen-bond donors (Lipinski definition) is 1.